The SMILES string of the molecule is CC(Oc1cc(-c2ccc(C(C)(C)C#N)cc2)cc2ncsc12)C1CNC(=O)C1. The van der Waals surface area contributed by atoms with Gasteiger partial charge in [-0.2, -0.15) is 5.26 Å². The molecule has 1 fully saturated rings. The Bertz CT molecular complexity index is 1100. The zero-order chi connectivity index (χ0) is 20.6. The zero-order valence-corrected chi connectivity index (χ0v) is 17.5. The molecular formula is C23H23N3O2S. The Hall–Kier alpha value is -2.91. The molecule has 1 N–H and O–H groups in total. The average Bonchev–Trinajstić information content (AvgIpc) is 3.37. The lowest BCUT2D eigenvalue weighted by atomic mass is 9.85. The summed E-state index contributed by atoms with van der Waals surface area (Å²) in [6, 6.07) is 14.5. The minimum absolute atomic E-state index is 0.0756. The smallest absolute Gasteiger partial charge is 0.220 e. The van der Waals surface area contributed by atoms with Crippen molar-refractivity contribution < 1.29 is 9.53 Å². The molecule has 2 heterocycles. The fraction of sp³-hybridized carbons (Fsp3) is 0.348. The molecule has 6 heteroatoms. The number of aromatic nitrogens is 1. The minimum atomic E-state index is -0.520. The number of hydrogen-bond donors (Lipinski definition) is 1. The molecule has 0 spiro atoms. The number of thiazole rings is 1. The van der Waals surface area contributed by atoms with Crippen molar-refractivity contribution in [3.8, 4) is 22.9 Å². The summed E-state index contributed by atoms with van der Waals surface area (Å²) >= 11 is 1.56. The lowest BCUT2D eigenvalue weighted by Gasteiger charge is -2.20. The van der Waals surface area contributed by atoms with Gasteiger partial charge in [0.2, 0.25) is 5.91 Å². The second-order valence-electron chi connectivity index (χ2n) is 8.08. The Morgan fingerprint density at radius 1 is 1.28 bits per heavy atom. The molecule has 29 heavy (non-hydrogen) atoms. The van der Waals surface area contributed by atoms with E-state index in [4.69, 9.17) is 4.74 Å². The molecule has 3 aromatic rings. The van der Waals surface area contributed by atoms with Crippen molar-refractivity contribution in [2.45, 2.75) is 38.7 Å². The Morgan fingerprint density at radius 2 is 2.03 bits per heavy atom. The number of hydrogen-bond acceptors (Lipinski definition) is 5. The van der Waals surface area contributed by atoms with Crippen LogP contribution in [0, 0.1) is 17.2 Å². The van der Waals surface area contributed by atoms with E-state index in [0.717, 1.165) is 32.7 Å². The van der Waals surface area contributed by atoms with Gasteiger partial charge in [-0.05, 0) is 49.6 Å². The van der Waals surface area contributed by atoms with Gasteiger partial charge in [0.25, 0.3) is 0 Å². The fourth-order valence-electron chi connectivity index (χ4n) is 3.59. The van der Waals surface area contributed by atoms with E-state index in [0.29, 0.717) is 13.0 Å². The predicted molar refractivity (Wildman–Crippen MR) is 115 cm³/mol. The van der Waals surface area contributed by atoms with E-state index < -0.39 is 5.41 Å². The molecule has 2 unspecified atom stereocenters. The van der Waals surface area contributed by atoms with Crippen molar-refractivity contribution >= 4 is 27.5 Å². The van der Waals surface area contributed by atoms with Crippen LogP contribution in [-0.2, 0) is 10.2 Å². The third kappa shape index (κ3) is 3.83. The maximum absolute atomic E-state index is 11.5. The van der Waals surface area contributed by atoms with E-state index in [2.05, 4.69) is 22.4 Å². The summed E-state index contributed by atoms with van der Waals surface area (Å²) in [7, 11) is 0. The van der Waals surface area contributed by atoms with Crippen LogP contribution in [0.25, 0.3) is 21.3 Å². The second kappa shape index (κ2) is 7.49. The number of amides is 1. The first-order valence-electron chi connectivity index (χ1n) is 9.70. The van der Waals surface area contributed by atoms with E-state index in [1.165, 1.54) is 0 Å². The number of nitriles is 1. The van der Waals surface area contributed by atoms with Crippen molar-refractivity contribution in [1.29, 1.82) is 5.26 Å². The van der Waals surface area contributed by atoms with Crippen LogP contribution >= 0.6 is 11.3 Å². The summed E-state index contributed by atoms with van der Waals surface area (Å²) in [5.74, 6) is 1.05. The van der Waals surface area contributed by atoms with Crippen LogP contribution in [0.5, 0.6) is 5.75 Å². The van der Waals surface area contributed by atoms with Gasteiger partial charge < -0.3 is 10.1 Å². The Labute approximate surface area is 174 Å². The van der Waals surface area contributed by atoms with Crippen LogP contribution in [0.3, 0.4) is 0 Å². The molecule has 1 saturated heterocycles. The summed E-state index contributed by atoms with van der Waals surface area (Å²) < 4.78 is 7.32. The summed E-state index contributed by atoms with van der Waals surface area (Å²) in [5, 5.41) is 12.2. The number of nitrogens with zero attached hydrogens (tertiary/aromatic N) is 2. The minimum Gasteiger partial charge on any atom is -0.489 e. The molecule has 0 radical (unpaired) electrons. The normalized spacial score (nSPS) is 17.7. The van der Waals surface area contributed by atoms with Crippen molar-refractivity contribution in [3.05, 3.63) is 47.5 Å². The zero-order valence-electron chi connectivity index (χ0n) is 16.7. The Balaban J connectivity index is 1.66. The largest absolute Gasteiger partial charge is 0.489 e. The summed E-state index contributed by atoms with van der Waals surface area (Å²) in [5.41, 5.74) is 5.26. The van der Waals surface area contributed by atoms with Crippen LogP contribution in [-0.4, -0.2) is 23.5 Å². The van der Waals surface area contributed by atoms with Crippen LogP contribution in [0.1, 0.15) is 32.8 Å². The lowest BCUT2D eigenvalue weighted by Crippen LogP contribution is -2.25. The van der Waals surface area contributed by atoms with E-state index in [-0.39, 0.29) is 17.9 Å². The number of nitrogens with one attached hydrogen (secondary N) is 1. The second-order valence-corrected chi connectivity index (χ2v) is 8.94. The van der Waals surface area contributed by atoms with E-state index in [9.17, 15) is 10.1 Å². The van der Waals surface area contributed by atoms with E-state index in [1.807, 2.05) is 56.6 Å². The quantitative estimate of drug-likeness (QED) is 0.669. The number of benzene rings is 2. The van der Waals surface area contributed by atoms with Gasteiger partial charge in [-0.3, -0.25) is 4.79 Å². The molecule has 1 aromatic heterocycles. The molecule has 1 aliphatic rings. The molecule has 148 valence electrons. The number of carbonyl (C=O) groups excluding carboxylic acids is 1. The fourth-order valence-corrected chi connectivity index (χ4v) is 4.32. The highest BCUT2D eigenvalue weighted by atomic mass is 32.1. The van der Waals surface area contributed by atoms with Gasteiger partial charge in [-0.15, -0.1) is 11.3 Å². The lowest BCUT2D eigenvalue weighted by molar-refractivity contribution is -0.119. The van der Waals surface area contributed by atoms with Gasteiger partial charge in [0.15, 0.2) is 0 Å². The van der Waals surface area contributed by atoms with E-state index >= 15 is 0 Å². The first-order valence-corrected chi connectivity index (χ1v) is 10.6. The van der Waals surface area contributed by atoms with Gasteiger partial charge >= 0.3 is 0 Å². The third-order valence-electron chi connectivity index (χ3n) is 5.60. The average molecular weight is 406 g/mol. The van der Waals surface area contributed by atoms with Crippen molar-refractivity contribution in [2.75, 3.05) is 6.54 Å². The molecule has 2 aromatic carbocycles. The van der Waals surface area contributed by atoms with Crippen molar-refractivity contribution in [3.63, 3.8) is 0 Å². The highest BCUT2D eigenvalue weighted by molar-refractivity contribution is 7.17. The first kappa shape index (κ1) is 19.4. The monoisotopic (exact) mass is 405 g/mol. The van der Waals surface area contributed by atoms with Crippen LogP contribution in [0.4, 0.5) is 0 Å². The molecule has 0 aliphatic carbocycles. The van der Waals surface area contributed by atoms with Gasteiger partial charge in [-0.1, -0.05) is 24.3 Å². The van der Waals surface area contributed by atoms with E-state index in [1.54, 1.807) is 11.3 Å². The first-order chi connectivity index (χ1) is 13.9. The molecule has 0 saturated carbocycles. The summed E-state index contributed by atoms with van der Waals surface area (Å²) in [6.45, 7) is 6.50. The number of fused-ring (bicyclic) bond motifs is 1. The molecular weight excluding hydrogens is 382 g/mol. The molecule has 1 amide bonds. The molecule has 2 atom stereocenters. The molecule has 5 nitrogen and oxygen atoms in total. The Kier molecular flexibility index (Phi) is 5.01. The predicted octanol–water partition coefficient (Wildman–Crippen LogP) is 4.67. The molecule has 0 bridgehead atoms. The number of ether oxygens (including phenoxy) is 1. The third-order valence-corrected chi connectivity index (χ3v) is 6.46. The van der Waals surface area contributed by atoms with Crippen LogP contribution in [0.2, 0.25) is 0 Å². The molecule has 4 rings (SSSR count). The van der Waals surface area contributed by atoms with Gasteiger partial charge in [0, 0.05) is 18.9 Å². The highest BCUT2D eigenvalue weighted by Crippen LogP contribution is 2.36. The topological polar surface area (TPSA) is 75.0 Å². The van der Waals surface area contributed by atoms with Crippen molar-refractivity contribution in [2.24, 2.45) is 5.92 Å². The summed E-state index contributed by atoms with van der Waals surface area (Å²) in [6.07, 6.45) is 0.427. The number of carbonyl (C=O) groups is 1. The van der Waals surface area contributed by atoms with Crippen molar-refractivity contribution in [1.82, 2.24) is 10.3 Å². The highest BCUT2D eigenvalue weighted by Gasteiger charge is 2.28. The maximum atomic E-state index is 11.5. The standard InChI is InChI=1S/C23H23N3O2S/c1-14(17-10-21(27)25-11-17)28-20-9-16(8-19-22(20)29-13-26-19)15-4-6-18(7-5-15)23(2,3)12-24/h4-9,13-14,17H,10-11H2,1-3H3,(H,25,27). The Morgan fingerprint density at radius 3 is 2.69 bits per heavy atom. The number of rotatable bonds is 5. The summed E-state index contributed by atoms with van der Waals surface area (Å²) in [4.78, 5) is 16.0. The van der Waals surface area contributed by atoms with Gasteiger partial charge in [0.05, 0.1) is 27.2 Å². The van der Waals surface area contributed by atoms with Gasteiger partial charge in [0.1, 0.15) is 11.9 Å². The van der Waals surface area contributed by atoms with Crippen LogP contribution < -0.4 is 10.1 Å². The van der Waals surface area contributed by atoms with Crippen LogP contribution in [0.15, 0.2) is 41.9 Å². The van der Waals surface area contributed by atoms with Gasteiger partial charge in [-0.25, -0.2) is 4.98 Å². The maximum Gasteiger partial charge on any atom is 0.220 e. The molecule has 1 aliphatic heterocycles.